The van der Waals surface area contributed by atoms with Gasteiger partial charge in [-0.3, -0.25) is 20.1 Å². The van der Waals surface area contributed by atoms with Crippen LogP contribution in [-0.4, -0.2) is 33.2 Å². The first-order valence-corrected chi connectivity index (χ1v) is 6.74. The molecule has 2 amide bonds. The van der Waals surface area contributed by atoms with Crippen molar-refractivity contribution in [2.24, 2.45) is 0 Å². The fourth-order valence-corrected chi connectivity index (χ4v) is 2.77. The largest absolute Gasteiger partial charge is 0.288 e. The van der Waals surface area contributed by atoms with E-state index < -0.39 is 22.9 Å². The molecule has 0 aromatic heterocycles. The minimum atomic E-state index is -1.14. The van der Waals surface area contributed by atoms with Crippen molar-refractivity contribution in [3.63, 3.8) is 0 Å². The summed E-state index contributed by atoms with van der Waals surface area (Å²) < 4.78 is 0. The average molecular weight is 290 g/mol. The molecule has 5 nitrogen and oxygen atoms in total. The van der Waals surface area contributed by atoms with Gasteiger partial charge < -0.3 is 0 Å². The number of imide groups is 1. The Kier molecular flexibility index (Phi) is 5.41. The summed E-state index contributed by atoms with van der Waals surface area (Å²) in [5.41, 5.74) is -2.28. The quantitative estimate of drug-likeness (QED) is 0.408. The molecule has 0 spiro atoms. The number of hydroxylamine groups is 2. The van der Waals surface area contributed by atoms with E-state index in [1.54, 1.807) is 24.3 Å². The lowest BCUT2D eigenvalue weighted by Gasteiger charge is -2.48. The Labute approximate surface area is 125 Å². The first-order valence-electron chi connectivity index (χ1n) is 6.74. The first kappa shape index (κ1) is 17.1. The van der Waals surface area contributed by atoms with E-state index in [1.165, 1.54) is 0 Å². The second-order valence-electron chi connectivity index (χ2n) is 5.18. The third-order valence-corrected chi connectivity index (χ3v) is 3.65. The van der Waals surface area contributed by atoms with E-state index in [0.717, 1.165) is 0 Å². The normalized spacial score (nSPS) is 20.0. The number of carbonyl (C=O) groups is 2. The van der Waals surface area contributed by atoms with Gasteiger partial charge in [0.2, 0.25) is 0 Å². The monoisotopic (exact) mass is 290 g/mol. The van der Waals surface area contributed by atoms with Crippen molar-refractivity contribution < 1.29 is 14.8 Å². The van der Waals surface area contributed by atoms with Gasteiger partial charge >= 0.3 is 0 Å². The molecule has 5 heteroatoms. The molecule has 1 aliphatic rings. The van der Waals surface area contributed by atoms with Gasteiger partial charge in [-0.15, -0.1) is 26.3 Å². The second kappa shape index (κ2) is 6.65. The van der Waals surface area contributed by atoms with Crippen molar-refractivity contribution in [2.75, 3.05) is 0 Å². The van der Waals surface area contributed by atoms with Gasteiger partial charge in [0.1, 0.15) is 11.1 Å². The van der Waals surface area contributed by atoms with Crippen molar-refractivity contribution >= 4 is 11.8 Å². The standard InChI is InChI=1S/C16H22N2O3/c1-5-9-15(10-6-2)13(19)18(21)14(20)16(17-15,11-7-3)12-8-4/h5-8,17,21H,1-4,9-12H2. The molecule has 1 fully saturated rings. The van der Waals surface area contributed by atoms with Crippen molar-refractivity contribution in [3.8, 4) is 0 Å². The van der Waals surface area contributed by atoms with Gasteiger partial charge in [-0.2, -0.15) is 5.06 Å². The predicted octanol–water partition coefficient (Wildman–Crippen LogP) is 2.12. The molecule has 1 aliphatic heterocycles. The molecule has 114 valence electrons. The van der Waals surface area contributed by atoms with Gasteiger partial charge in [-0.25, -0.2) is 0 Å². The highest BCUT2D eigenvalue weighted by molar-refractivity contribution is 6.06. The van der Waals surface area contributed by atoms with E-state index in [9.17, 15) is 14.8 Å². The minimum absolute atomic E-state index is 0.205. The van der Waals surface area contributed by atoms with Crippen molar-refractivity contribution in [3.05, 3.63) is 50.6 Å². The molecule has 0 bridgehead atoms. The Bertz CT molecular complexity index is 420. The molecule has 0 atom stereocenters. The molecule has 0 aromatic rings. The van der Waals surface area contributed by atoms with Crippen LogP contribution in [0, 0.1) is 0 Å². The van der Waals surface area contributed by atoms with Crippen LogP contribution < -0.4 is 5.32 Å². The number of nitrogens with zero attached hydrogens (tertiary/aromatic N) is 1. The van der Waals surface area contributed by atoms with Crippen LogP contribution in [0.15, 0.2) is 50.6 Å². The van der Waals surface area contributed by atoms with E-state index >= 15 is 0 Å². The number of nitrogens with one attached hydrogen (secondary N) is 1. The number of hydrogen-bond acceptors (Lipinski definition) is 4. The van der Waals surface area contributed by atoms with Crippen molar-refractivity contribution in [2.45, 2.75) is 36.8 Å². The molecule has 0 radical (unpaired) electrons. The maximum Gasteiger partial charge on any atom is 0.274 e. The molecule has 0 unspecified atom stereocenters. The lowest BCUT2D eigenvalue weighted by molar-refractivity contribution is -0.198. The Balaban J connectivity index is 3.39. The van der Waals surface area contributed by atoms with E-state index in [1.807, 2.05) is 0 Å². The molecule has 0 aromatic carbocycles. The summed E-state index contributed by atoms with van der Waals surface area (Å²) in [7, 11) is 0. The summed E-state index contributed by atoms with van der Waals surface area (Å²) in [4.78, 5) is 24.8. The number of amides is 2. The highest BCUT2D eigenvalue weighted by Crippen LogP contribution is 2.33. The highest BCUT2D eigenvalue weighted by atomic mass is 16.5. The van der Waals surface area contributed by atoms with Gasteiger partial charge in [0, 0.05) is 0 Å². The fourth-order valence-electron chi connectivity index (χ4n) is 2.77. The zero-order valence-electron chi connectivity index (χ0n) is 12.2. The average Bonchev–Trinajstić information content (AvgIpc) is 2.44. The highest BCUT2D eigenvalue weighted by Gasteiger charge is 2.56. The van der Waals surface area contributed by atoms with Crippen LogP contribution in [0.2, 0.25) is 0 Å². The van der Waals surface area contributed by atoms with Crippen LogP contribution in [-0.2, 0) is 9.59 Å². The van der Waals surface area contributed by atoms with Crippen LogP contribution >= 0.6 is 0 Å². The lowest BCUT2D eigenvalue weighted by atomic mass is 9.78. The Hall–Kier alpha value is -1.98. The zero-order chi connectivity index (χ0) is 16.1. The number of carbonyl (C=O) groups excluding carboxylic acids is 2. The SMILES string of the molecule is C=CCC1(CC=C)NC(CC=C)(CC=C)C(=O)N(O)C1=O. The van der Waals surface area contributed by atoms with Gasteiger partial charge in [0.25, 0.3) is 11.8 Å². The zero-order valence-corrected chi connectivity index (χ0v) is 12.2. The summed E-state index contributed by atoms with van der Waals surface area (Å²) in [5, 5.41) is 13.3. The Morgan fingerprint density at radius 3 is 1.38 bits per heavy atom. The fraction of sp³-hybridized carbons (Fsp3) is 0.375. The van der Waals surface area contributed by atoms with Crippen LogP contribution in [0.3, 0.4) is 0 Å². The molecule has 0 saturated carbocycles. The first-order chi connectivity index (χ1) is 9.93. The molecular weight excluding hydrogens is 268 g/mol. The molecule has 2 N–H and O–H groups in total. The van der Waals surface area contributed by atoms with Crippen LogP contribution in [0.4, 0.5) is 0 Å². The van der Waals surface area contributed by atoms with Crippen molar-refractivity contribution in [1.29, 1.82) is 0 Å². The third kappa shape index (κ3) is 2.89. The molecule has 1 heterocycles. The van der Waals surface area contributed by atoms with Gasteiger partial charge in [0.05, 0.1) is 0 Å². The predicted molar refractivity (Wildman–Crippen MR) is 81.5 cm³/mol. The van der Waals surface area contributed by atoms with E-state index in [4.69, 9.17) is 0 Å². The molecule has 0 aliphatic carbocycles. The van der Waals surface area contributed by atoms with E-state index in [-0.39, 0.29) is 30.7 Å². The second-order valence-corrected chi connectivity index (χ2v) is 5.18. The summed E-state index contributed by atoms with van der Waals surface area (Å²) in [6.07, 6.45) is 7.34. The minimum Gasteiger partial charge on any atom is -0.288 e. The number of hydrogen-bond donors (Lipinski definition) is 2. The maximum atomic E-state index is 12.4. The van der Waals surface area contributed by atoms with Crippen molar-refractivity contribution in [1.82, 2.24) is 10.4 Å². The van der Waals surface area contributed by atoms with Gasteiger partial charge in [0.15, 0.2) is 0 Å². The molecule has 21 heavy (non-hydrogen) atoms. The topological polar surface area (TPSA) is 69.6 Å². The summed E-state index contributed by atoms with van der Waals surface area (Å²) in [6, 6.07) is 0. The smallest absolute Gasteiger partial charge is 0.274 e. The summed E-state index contributed by atoms with van der Waals surface area (Å²) >= 11 is 0. The summed E-state index contributed by atoms with van der Waals surface area (Å²) in [5.74, 6) is -1.40. The molecule has 1 saturated heterocycles. The van der Waals surface area contributed by atoms with Gasteiger partial charge in [-0.1, -0.05) is 24.3 Å². The van der Waals surface area contributed by atoms with E-state index in [2.05, 4.69) is 31.6 Å². The lowest BCUT2D eigenvalue weighted by Crippen LogP contribution is -2.75. The Morgan fingerprint density at radius 2 is 1.14 bits per heavy atom. The number of rotatable bonds is 8. The number of piperazine rings is 1. The molecule has 1 rings (SSSR count). The van der Waals surface area contributed by atoms with Crippen LogP contribution in [0.1, 0.15) is 25.7 Å². The van der Waals surface area contributed by atoms with Gasteiger partial charge in [-0.05, 0) is 25.7 Å². The third-order valence-electron chi connectivity index (χ3n) is 3.65. The van der Waals surface area contributed by atoms with E-state index in [0.29, 0.717) is 0 Å². The summed E-state index contributed by atoms with van der Waals surface area (Å²) in [6.45, 7) is 14.6. The van der Waals surface area contributed by atoms with Crippen LogP contribution in [0.25, 0.3) is 0 Å². The molecular formula is C16H22N2O3. The maximum absolute atomic E-state index is 12.4. The Morgan fingerprint density at radius 1 is 0.857 bits per heavy atom. The van der Waals surface area contributed by atoms with Crippen LogP contribution in [0.5, 0.6) is 0 Å².